The van der Waals surface area contributed by atoms with Gasteiger partial charge in [-0.25, -0.2) is 0 Å². The van der Waals surface area contributed by atoms with E-state index in [1.54, 1.807) is 0 Å². The fourth-order valence-electron chi connectivity index (χ4n) is 2.59. The third-order valence-corrected chi connectivity index (χ3v) is 3.89. The Labute approximate surface area is 119 Å². The van der Waals surface area contributed by atoms with Gasteiger partial charge < -0.3 is 10.4 Å². The molecule has 106 valence electrons. The molecule has 0 spiro atoms. The zero-order valence-electron chi connectivity index (χ0n) is 11.5. The number of nitrogens with zero attached hydrogens (tertiary/aromatic N) is 1. The number of aromatic amines is 1. The summed E-state index contributed by atoms with van der Waals surface area (Å²) in [6, 6.07) is 12.7. The number of H-pyrrole nitrogens is 1. The second-order valence-electron chi connectivity index (χ2n) is 5.48. The molecule has 4 heteroatoms. The van der Waals surface area contributed by atoms with Crippen LogP contribution in [-0.4, -0.2) is 28.0 Å². The molecular formula is C16H21N3O. The zero-order chi connectivity index (χ0) is 13.8. The third-order valence-electron chi connectivity index (χ3n) is 3.89. The summed E-state index contributed by atoms with van der Waals surface area (Å²) in [5, 5.41) is 20.1. The van der Waals surface area contributed by atoms with E-state index in [4.69, 9.17) is 5.11 Å². The molecular weight excluding hydrogens is 250 g/mol. The molecule has 3 N–H and O–H groups in total. The van der Waals surface area contributed by atoms with Crippen LogP contribution in [0, 0.1) is 5.92 Å². The summed E-state index contributed by atoms with van der Waals surface area (Å²) >= 11 is 0. The molecule has 1 heterocycles. The summed E-state index contributed by atoms with van der Waals surface area (Å²) in [4.78, 5) is 0. The highest BCUT2D eigenvalue weighted by atomic mass is 16.3. The Morgan fingerprint density at radius 3 is 2.80 bits per heavy atom. The average molecular weight is 271 g/mol. The Bertz CT molecular complexity index is 534. The Balaban J connectivity index is 1.59. The van der Waals surface area contributed by atoms with Crippen LogP contribution in [-0.2, 0) is 6.54 Å². The monoisotopic (exact) mass is 271 g/mol. The van der Waals surface area contributed by atoms with Gasteiger partial charge in [-0.15, -0.1) is 0 Å². The van der Waals surface area contributed by atoms with Crippen LogP contribution >= 0.6 is 0 Å². The van der Waals surface area contributed by atoms with Crippen LogP contribution in [0.1, 0.15) is 25.0 Å². The average Bonchev–Trinajstić information content (AvgIpc) is 3.22. The molecule has 1 fully saturated rings. The first-order valence-corrected chi connectivity index (χ1v) is 7.31. The summed E-state index contributed by atoms with van der Waals surface area (Å²) in [6.07, 6.45) is 3.41. The van der Waals surface area contributed by atoms with Gasteiger partial charge in [0.1, 0.15) is 0 Å². The summed E-state index contributed by atoms with van der Waals surface area (Å²) in [5.74, 6) is 0.749. The number of benzene rings is 1. The van der Waals surface area contributed by atoms with Gasteiger partial charge in [-0.3, -0.25) is 5.10 Å². The van der Waals surface area contributed by atoms with Crippen molar-refractivity contribution in [1.82, 2.24) is 15.5 Å². The van der Waals surface area contributed by atoms with Crippen molar-refractivity contribution in [3.05, 3.63) is 42.1 Å². The predicted molar refractivity (Wildman–Crippen MR) is 79.1 cm³/mol. The smallest absolute Gasteiger partial charge is 0.0924 e. The van der Waals surface area contributed by atoms with Gasteiger partial charge in [0.25, 0.3) is 0 Å². The Morgan fingerprint density at radius 2 is 2.10 bits per heavy atom. The van der Waals surface area contributed by atoms with Crippen LogP contribution in [0.25, 0.3) is 11.3 Å². The molecule has 4 nitrogen and oxygen atoms in total. The molecule has 0 bridgehead atoms. The van der Waals surface area contributed by atoms with E-state index in [2.05, 4.69) is 33.7 Å². The van der Waals surface area contributed by atoms with E-state index in [-0.39, 0.29) is 6.61 Å². The molecule has 1 saturated carbocycles. The highest BCUT2D eigenvalue weighted by Gasteiger charge is 2.30. The van der Waals surface area contributed by atoms with Crippen LogP contribution in [0.2, 0.25) is 0 Å². The number of aliphatic hydroxyl groups is 1. The maximum atomic E-state index is 9.10. The van der Waals surface area contributed by atoms with Crippen molar-refractivity contribution in [3.8, 4) is 11.3 Å². The van der Waals surface area contributed by atoms with Gasteiger partial charge in [0.2, 0.25) is 0 Å². The molecule has 2 aromatic rings. The highest BCUT2D eigenvalue weighted by molar-refractivity contribution is 5.58. The molecule has 1 aliphatic carbocycles. The molecule has 3 rings (SSSR count). The number of aromatic nitrogens is 2. The number of nitrogens with one attached hydrogen (secondary N) is 2. The normalized spacial score (nSPS) is 16.2. The fourth-order valence-corrected chi connectivity index (χ4v) is 2.59. The summed E-state index contributed by atoms with van der Waals surface area (Å²) in [6.45, 7) is 1.04. The molecule has 1 atom stereocenters. The fraction of sp³-hybridized carbons (Fsp3) is 0.438. The topological polar surface area (TPSA) is 60.9 Å². The Morgan fingerprint density at radius 1 is 1.30 bits per heavy atom. The van der Waals surface area contributed by atoms with Gasteiger partial charge in [-0.1, -0.05) is 30.3 Å². The first-order chi connectivity index (χ1) is 9.86. The predicted octanol–water partition coefficient (Wildman–Crippen LogP) is 2.33. The molecule has 0 aliphatic heterocycles. The minimum absolute atomic E-state index is 0.256. The lowest BCUT2D eigenvalue weighted by molar-refractivity contribution is 0.255. The maximum Gasteiger partial charge on any atom is 0.0924 e. The first-order valence-electron chi connectivity index (χ1n) is 7.31. The minimum Gasteiger partial charge on any atom is -0.396 e. The Kier molecular flexibility index (Phi) is 4.14. The molecule has 1 aliphatic rings. The van der Waals surface area contributed by atoms with Gasteiger partial charge in [-0.2, -0.15) is 5.10 Å². The highest BCUT2D eigenvalue weighted by Crippen LogP contribution is 2.34. The van der Waals surface area contributed by atoms with Crippen LogP contribution in [0.15, 0.2) is 36.4 Å². The van der Waals surface area contributed by atoms with Gasteiger partial charge in [-0.05, 0) is 31.2 Å². The van der Waals surface area contributed by atoms with Crippen LogP contribution < -0.4 is 5.32 Å². The van der Waals surface area contributed by atoms with Gasteiger partial charge in [0.05, 0.1) is 5.69 Å². The standard InChI is InChI=1S/C16H21N3O/c20-9-8-15(13-6-7-13)17-11-14-10-16(19-18-14)12-4-2-1-3-5-12/h1-5,10,13,15,17,20H,6-9,11H2,(H,18,19). The third kappa shape index (κ3) is 3.26. The van der Waals surface area contributed by atoms with Gasteiger partial charge >= 0.3 is 0 Å². The molecule has 1 unspecified atom stereocenters. The molecule has 1 aromatic carbocycles. The lowest BCUT2D eigenvalue weighted by Gasteiger charge is -2.16. The van der Waals surface area contributed by atoms with Crippen molar-refractivity contribution in [1.29, 1.82) is 0 Å². The van der Waals surface area contributed by atoms with Crippen molar-refractivity contribution >= 4 is 0 Å². The quantitative estimate of drug-likeness (QED) is 0.724. The van der Waals surface area contributed by atoms with E-state index in [1.807, 2.05) is 18.2 Å². The minimum atomic E-state index is 0.256. The first kappa shape index (κ1) is 13.3. The maximum absolute atomic E-state index is 9.10. The number of rotatable bonds is 7. The van der Waals surface area contributed by atoms with Crippen molar-refractivity contribution in [2.24, 2.45) is 5.92 Å². The van der Waals surface area contributed by atoms with Crippen LogP contribution in [0.3, 0.4) is 0 Å². The number of aliphatic hydroxyl groups excluding tert-OH is 1. The van der Waals surface area contributed by atoms with E-state index in [9.17, 15) is 0 Å². The largest absolute Gasteiger partial charge is 0.396 e. The van der Waals surface area contributed by atoms with Crippen LogP contribution in [0.4, 0.5) is 0 Å². The van der Waals surface area contributed by atoms with E-state index >= 15 is 0 Å². The van der Waals surface area contributed by atoms with Gasteiger partial charge in [0.15, 0.2) is 0 Å². The summed E-state index contributed by atoms with van der Waals surface area (Å²) in [5.41, 5.74) is 3.20. The Hall–Kier alpha value is -1.65. The van der Waals surface area contributed by atoms with Crippen molar-refractivity contribution in [3.63, 3.8) is 0 Å². The molecule has 1 aromatic heterocycles. The zero-order valence-corrected chi connectivity index (χ0v) is 11.5. The van der Waals surface area contributed by atoms with Crippen molar-refractivity contribution < 1.29 is 5.11 Å². The lowest BCUT2D eigenvalue weighted by Crippen LogP contribution is -2.31. The molecule has 0 saturated heterocycles. The van der Waals surface area contributed by atoms with E-state index in [1.165, 1.54) is 12.8 Å². The van der Waals surface area contributed by atoms with Crippen molar-refractivity contribution in [2.45, 2.75) is 31.8 Å². The summed E-state index contributed by atoms with van der Waals surface area (Å²) in [7, 11) is 0. The van der Waals surface area contributed by atoms with Gasteiger partial charge in [0, 0.05) is 30.5 Å². The number of hydrogen-bond acceptors (Lipinski definition) is 3. The second kappa shape index (κ2) is 6.20. The summed E-state index contributed by atoms with van der Waals surface area (Å²) < 4.78 is 0. The molecule has 0 radical (unpaired) electrons. The molecule has 0 amide bonds. The molecule has 20 heavy (non-hydrogen) atoms. The SMILES string of the molecule is OCCC(NCc1cc(-c2ccccc2)n[nH]1)C1CC1. The second-order valence-corrected chi connectivity index (χ2v) is 5.48. The number of hydrogen-bond donors (Lipinski definition) is 3. The van der Waals surface area contributed by atoms with E-state index < -0.39 is 0 Å². The van der Waals surface area contributed by atoms with E-state index in [0.29, 0.717) is 6.04 Å². The lowest BCUT2D eigenvalue weighted by atomic mass is 10.1. The van der Waals surface area contributed by atoms with E-state index in [0.717, 1.165) is 35.8 Å². The van der Waals surface area contributed by atoms with Crippen LogP contribution in [0.5, 0.6) is 0 Å². The van der Waals surface area contributed by atoms with Crippen molar-refractivity contribution in [2.75, 3.05) is 6.61 Å².